The molecular formula is C29H21N3O4. The summed E-state index contributed by atoms with van der Waals surface area (Å²) in [6.45, 7) is 0. The Kier molecular flexibility index (Phi) is 5.42. The number of furan rings is 1. The lowest BCUT2D eigenvalue weighted by molar-refractivity contribution is -0.118. The van der Waals surface area contributed by atoms with Gasteiger partial charge in [0.25, 0.3) is 5.91 Å². The van der Waals surface area contributed by atoms with Crippen LogP contribution >= 0.6 is 0 Å². The molecule has 5 aromatic rings. The smallest absolute Gasteiger partial charge is 0.291 e. The van der Waals surface area contributed by atoms with Crippen LogP contribution in [-0.2, 0) is 4.79 Å². The quantitative estimate of drug-likeness (QED) is 0.322. The molecule has 0 radical (unpaired) electrons. The molecule has 1 aliphatic rings. The van der Waals surface area contributed by atoms with E-state index < -0.39 is 0 Å². The minimum absolute atomic E-state index is 0.139. The van der Waals surface area contributed by atoms with Crippen LogP contribution in [0.15, 0.2) is 112 Å². The number of carbonyl (C=O) groups is 2. The fourth-order valence-electron chi connectivity index (χ4n) is 4.15. The Labute approximate surface area is 206 Å². The fraction of sp³-hybridized carbons (Fsp3) is 0.0690. The molecule has 0 saturated heterocycles. The van der Waals surface area contributed by atoms with Crippen molar-refractivity contribution in [2.24, 2.45) is 5.92 Å². The standard InChI is InChI=1S/C29H21N3O4/c33-27(31-22-8-5-7-20(16-22)29-32-23-9-2-4-11-25(23)36-29)18-12-14-21(15-13-18)30-28(34)26-17-19-6-1-3-10-24(19)35-26/h1-12,14-18H,13H2,(H,30,34)(H,31,33). The third kappa shape index (κ3) is 4.30. The van der Waals surface area contributed by atoms with Crippen molar-refractivity contribution >= 4 is 39.6 Å². The average molecular weight is 476 g/mol. The highest BCUT2D eigenvalue weighted by molar-refractivity contribution is 5.97. The van der Waals surface area contributed by atoms with E-state index in [4.69, 9.17) is 8.83 Å². The lowest BCUT2D eigenvalue weighted by atomic mass is 9.98. The van der Waals surface area contributed by atoms with E-state index in [2.05, 4.69) is 15.6 Å². The van der Waals surface area contributed by atoms with Crippen molar-refractivity contribution in [3.05, 3.63) is 109 Å². The molecule has 7 heteroatoms. The van der Waals surface area contributed by atoms with Crippen LogP contribution in [0, 0.1) is 5.92 Å². The summed E-state index contributed by atoms with van der Waals surface area (Å²) in [6, 6.07) is 24.1. The Morgan fingerprint density at radius 2 is 1.69 bits per heavy atom. The third-order valence-electron chi connectivity index (χ3n) is 6.01. The molecule has 1 aliphatic carbocycles. The van der Waals surface area contributed by atoms with Crippen molar-refractivity contribution in [1.82, 2.24) is 10.3 Å². The first-order valence-corrected chi connectivity index (χ1v) is 11.6. The third-order valence-corrected chi connectivity index (χ3v) is 6.01. The predicted molar refractivity (Wildman–Crippen MR) is 137 cm³/mol. The first-order chi connectivity index (χ1) is 17.6. The summed E-state index contributed by atoms with van der Waals surface area (Å²) in [4.78, 5) is 30.0. The average Bonchev–Trinajstić information content (AvgIpc) is 3.54. The number of carbonyl (C=O) groups excluding carboxylic acids is 2. The van der Waals surface area contributed by atoms with Gasteiger partial charge in [-0.3, -0.25) is 9.59 Å². The Bertz CT molecular complexity index is 1610. The van der Waals surface area contributed by atoms with Gasteiger partial charge in [0.1, 0.15) is 11.1 Å². The number of benzene rings is 3. The van der Waals surface area contributed by atoms with E-state index in [9.17, 15) is 9.59 Å². The highest BCUT2D eigenvalue weighted by Crippen LogP contribution is 2.27. The van der Waals surface area contributed by atoms with Gasteiger partial charge in [0.15, 0.2) is 11.3 Å². The Morgan fingerprint density at radius 1 is 0.861 bits per heavy atom. The van der Waals surface area contributed by atoms with Gasteiger partial charge in [0, 0.05) is 22.3 Å². The van der Waals surface area contributed by atoms with Crippen molar-refractivity contribution in [3.63, 3.8) is 0 Å². The number of fused-ring (bicyclic) bond motifs is 2. The molecule has 36 heavy (non-hydrogen) atoms. The van der Waals surface area contributed by atoms with Crippen molar-refractivity contribution in [2.75, 3.05) is 5.32 Å². The number of hydrogen-bond acceptors (Lipinski definition) is 5. The monoisotopic (exact) mass is 475 g/mol. The summed E-state index contributed by atoms with van der Waals surface area (Å²) in [5.41, 5.74) is 4.21. The molecule has 0 aliphatic heterocycles. The first kappa shape index (κ1) is 21.6. The van der Waals surface area contributed by atoms with Crippen LogP contribution < -0.4 is 10.6 Å². The second-order valence-electron chi connectivity index (χ2n) is 8.52. The zero-order valence-corrected chi connectivity index (χ0v) is 19.1. The molecule has 1 atom stereocenters. The molecule has 0 saturated carbocycles. The molecule has 0 spiro atoms. The summed E-state index contributed by atoms with van der Waals surface area (Å²) in [5.74, 6) is -0.0902. The second kappa shape index (κ2) is 9.03. The van der Waals surface area contributed by atoms with Crippen LogP contribution in [-0.4, -0.2) is 16.8 Å². The van der Waals surface area contributed by atoms with Crippen LogP contribution in [0.3, 0.4) is 0 Å². The van der Waals surface area contributed by atoms with Gasteiger partial charge < -0.3 is 19.5 Å². The Balaban J connectivity index is 1.09. The minimum atomic E-state index is -0.357. The molecule has 0 fully saturated rings. The van der Waals surface area contributed by atoms with Gasteiger partial charge in [-0.2, -0.15) is 0 Å². The van der Waals surface area contributed by atoms with E-state index in [-0.39, 0.29) is 23.5 Å². The topological polar surface area (TPSA) is 97.4 Å². The van der Waals surface area contributed by atoms with Gasteiger partial charge in [0.2, 0.25) is 11.8 Å². The number of nitrogens with zero attached hydrogens (tertiary/aromatic N) is 1. The maximum absolute atomic E-state index is 12.9. The van der Waals surface area contributed by atoms with E-state index in [1.807, 2.05) is 78.9 Å². The SMILES string of the molecule is O=C(NC1=CCC(C(=O)Nc2cccc(-c3nc4ccccc4o3)c2)C=C1)c1cc2ccccc2o1. The summed E-state index contributed by atoms with van der Waals surface area (Å²) in [7, 11) is 0. The zero-order chi connectivity index (χ0) is 24.5. The van der Waals surface area contributed by atoms with Crippen molar-refractivity contribution in [2.45, 2.75) is 6.42 Å². The van der Waals surface area contributed by atoms with Crippen molar-refractivity contribution in [3.8, 4) is 11.5 Å². The van der Waals surface area contributed by atoms with Crippen LogP contribution in [0.2, 0.25) is 0 Å². The van der Waals surface area contributed by atoms with Gasteiger partial charge in [-0.05, 0) is 55.0 Å². The van der Waals surface area contributed by atoms with Crippen LogP contribution in [0.1, 0.15) is 17.0 Å². The van der Waals surface area contributed by atoms with E-state index in [0.717, 1.165) is 16.5 Å². The summed E-state index contributed by atoms with van der Waals surface area (Å²) >= 11 is 0. The number of anilines is 1. The number of amides is 2. The molecule has 1 unspecified atom stereocenters. The lowest BCUT2D eigenvalue weighted by Crippen LogP contribution is -2.26. The molecule has 2 N–H and O–H groups in total. The number of oxazole rings is 1. The molecule has 7 nitrogen and oxygen atoms in total. The van der Waals surface area contributed by atoms with E-state index >= 15 is 0 Å². The fourth-order valence-corrected chi connectivity index (χ4v) is 4.15. The molecule has 2 amide bonds. The molecule has 0 bridgehead atoms. The van der Waals surface area contributed by atoms with Crippen molar-refractivity contribution in [1.29, 1.82) is 0 Å². The number of nitrogens with one attached hydrogen (secondary N) is 2. The number of aromatic nitrogens is 1. The largest absolute Gasteiger partial charge is 0.451 e. The van der Waals surface area contributed by atoms with Crippen LogP contribution in [0.5, 0.6) is 0 Å². The molecule has 2 aromatic heterocycles. The maximum atomic E-state index is 12.9. The number of hydrogen-bond donors (Lipinski definition) is 2. The molecule has 3 aromatic carbocycles. The highest BCUT2D eigenvalue weighted by Gasteiger charge is 2.20. The van der Waals surface area contributed by atoms with Crippen LogP contribution in [0.25, 0.3) is 33.5 Å². The minimum Gasteiger partial charge on any atom is -0.451 e. The van der Waals surface area contributed by atoms with E-state index in [0.29, 0.717) is 34.9 Å². The maximum Gasteiger partial charge on any atom is 0.291 e. The zero-order valence-electron chi connectivity index (χ0n) is 19.1. The van der Waals surface area contributed by atoms with E-state index in [1.54, 1.807) is 18.2 Å². The summed E-state index contributed by atoms with van der Waals surface area (Å²) < 4.78 is 11.5. The van der Waals surface area contributed by atoms with Gasteiger partial charge >= 0.3 is 0 Å². The van der Waals surface area contributed by atoms with Crippen molar-refractivity contribution < 1.29 is 18.4 Å². The normalized spacial score (nSPS) is 15.1. The van der Waals surface area contributed by atoms with Gasteiger partial charge in [-0.1, -0.05) is 48.6 Å². The second-order valence-corrected chi connectivity index (χ2v) is 8.52. The van der Waals surface area contributed by atoms with Crippen LogP contribution in [0.4, 0.5) is 5.69 Å². The Hall–Kier alpha value is -4.91. The summed E-state index contributed by atoms with van der Waals surface area (Å²) in [5, 5.41) is 6.66. The number of rotatable bonds is 5. The Morgan fingerprint density at radius 3 is 2.50 bits per heavy atom. The number of para-hydroxylation sites is 3. The highest BCUT2D eigenvalue weighted by atomic mass is 16.4. The predicted octanol–water partition coefficient (Wildman–Crippen LogP) is 6.07. The van der Waals surface area contributed by atoms with E-state index in [1.165, 1.54) is 0 Å². The van der Waals surface area contributed by atoms with Gasteiger partial charge in [-0.15, -0.1) is 0 Å². The van der Waals surface area contributed by atoms with Gasteiger partial charge in [-0.25, -0.2) is 4.98 Å². The lowest BCUT2D eigenvalue weighted by Gasteiger charge is -2.16. The molecular weight excluding hydrogens is 454 g/mol. The summed E-state index contributed by atoms with van der Waals surface area (Å²) in [6.07, 6.45) is 5.82. The first-order valence-electron chi connectivity index (χ1n) is 11.6. The molecule has 6 rings (SSSR count). The molecule has 2 heterocycles. The van der Waals surface area contributed by atoms with Gasteiger partial charge in [0.05, 0.1) is 5.92 Å². The molecule has 176 valence electrons. The number of allylic oxidation sites excluding steroid dienone is 2.